The fraction of sp³-hybridized carbons (Fsp3) is 0.0667. The number of non-ortho nitro benzene ring substituents is 2. The largest absolute Gasteiger partial charge is 0.333 e. The van der Waals surface area contributed by atoms with Crippen molar-refractivity contribution in [3.05, 3.63) is 104 Å². The first-order chi connectivity index (χ1) is 24.0. The topological polar surface area (TPSA) is 260 Å². The van der Waals surface area contributed by atoms with Gasteiger partial charge in [0.1, 0.15) is 0 Å². The fourth-order valence-corrected chi connectivity index (χ4v) is 5.95. The van der Waals surface area contributed by atoms with Gasteiger partial charge in [-0.3, -0.25) is 61.1 Å². The number of nitrogens with one attached hydrogen (secondary N) is 6. The van der Waals surface area contributed by atoms with Gasteiger partial charge in [0.15, 0.2) is 10.3 Å². The second-order valence-electron chi connectivity index (χ2n) is 10.4. The van der Waals surface area contributed by atoms with E-state index in [4.69, 9.17) is 0 Å². The molecule has 20 heteroatoms. The van der Waals surface area contributed by atoms with Gasteiger partial charge in [0.25, 0.3) is 23.2 Å². The Hall–Kier alpha value is -6.54. The Morgan fingerprint density at radius 1 is 0.600 bits per heavy atom. The minimum Gasteiger partial charge on any atom is -0.333 e. The summed E-state index contributed by atoms with van der Waals surface area (Å²) in [5.74, 6) is -2.38. The van der Waals surface area contributed by atoms with Gasteiger partial charge in [-0.2, -0.15) is 0 Å². The molecule has 252 valence electrons. The third-order valence-corrected chi connectivity index (χ3v) is 8.73. The first-order valence-electron chi connectivity index (χ1n) is 14.3. The zero-order chi connectivity index (χ0) is 35.4. The number of fused-ring (bicyclic) bond motifs is 3. The summed E-state index contributed by atoms with van der Waals surface area (Å²) in [6, 6.07) is 17.8. The molecule has 0 spiro atoms. The van der Waals surface area contributed by atoms with Gasteiger partial charge >= 0.3 is 0 Å². The Morgan fingerprint density at radius 2 is 1.02 bits per heavy atom. The highest BCUT2D eigenvalue weighted by Crippen LogP contribution is 2.24. The van der Waals surface area contributed by atoms with E-state index in [1.807, 2.05) is 0 Å². The summed E-state index contributed by atoms with van der Waals surface area (Å²) in [6.45, 7) is 0. The zero-order valence-corrected chi connectivity index (χ0v) is 26.8. The van der Waals surface area contributed by atoms with E-state index in [-0.39, 0.29) is 34.0 Å². The number of aromatic amines is 2. The molecular formula is C30H22N10O8S2. The number of H-pyrrole nitrogens is 2. The zero-order valence-electron chi connectivity index (χ0n) is 25.2. The van der Waals surface area contributed by atoms with E-state index in [0.29, 0.717) is 43.2 Å². The lowest BCUT2D eigenvalue weighted by atomic mass is 10.0. The van der Waals surface area contributed by atoms with Crippen LogP contribution >= 0.6 is 23.5 Å². The highest BCUT2D eigenvalue weighted by molar-refractivity contribution is 8.00. The Morgan fingerprint density at radius 3 is 1.42 bits per heavy atom. The molecule has 0 aliphatic carbocycles. The molecule has 4 amide bonds. The smallest absolute Gasteiger partial charge is 0.271 e. The van der Waals surface area contributed by atoms with Crippen molar-refractivity contribution in [1.82, 2.24) is 41.6 Å². The molecule has 6 N–H and O–H groups in total. The molecular weight excluding hydrogens is 693 g/mol. The number of aromatic nitrogens is 4. The van der Waals surface area contributed by atoms with Crippen LogP contribution in [0.4, 0.5) is 11.4 Å². The van der Waals surface area contributed by atoms with Crippen LogP contribution in [-0.4, -0.2) is 64.9 Å². The van der Waals surface area contributed by atoms with E-state index in [0.717, 1.165) is 23.5 Å². The summed E-state index contributed by atoms with van der Waals surface area (Å²) >= 11 is 2.10. The second-order valence-corrected chi connectivity index (χ2v) is 12.3. The summed E-state index contributed by atoms with van der Waals surface area (Å²) in [6.07, 6.45) is 0. The van der Waals surface area contributed by atoms with Crippen LogP contribution in [0, 0.1) is 20.2 Å². The lowest BCUT2D eigenvalue weighted by Crippen LogP contribution is -2.42. The molecule has 6 rings (SSSR count). The summed E-state index contributed by atoms with van der Waals surface area (Å²) in [4.78, 5) is 85.3. The monoisotopic (exact) mass is 714 g/mol. The number of amides is 4. The van der Waals surface area contributed by atoms with Crippen LogP contribution in [0.5, 0.6) is 0 Å². The summed E-state index contributed by atoms with van der Waals surface area (Å²) in [5.41, 5.74) is 11.6. The molecule has 0 bridgehead atoms. The van der Waals surface area contributed by atoms with Crippen LogP contribution in [0.15, 0.2) is 83.1 Å². The molecule has 0 unspecified atom stereocenters. The van der Waals surface area contributed by atoms with Crippen LogP contribution in [0.3, 0.4) is 0 Å². The number of carbonyl (C=O) groups is 4. The summed E-state index contributed by atoms with van der Waals surface area (Å²) < 4.78 is 0. The number of carbonyl (C=O) groups excluding carboxylic acids is 4. The van der Waals surface area contributed by atoms with Gasteiger partial charge < -0.3 is 9.97 Å². The number of hydrazine groups is 2. The van der Waals surface area contributed by atoms with E-state index in [1.54, 1.807) is 24.3 Å². The molecule has 6 aromatic rings. The van der Waals surface area contributed by atoms with Crippen LogP contribution in [0.1, 0.15) is 20.7 Å². The van der Waals surface area contributed by atoms with Crippen molar-refractivity contribution in [2.75, 3.05) is 11.5 Å². The SMILES string of the molecule is O=C(CSc1nc2ccc([N+](=O)[O-])cc2[nH]1)NNC(=O)c1ccc2cc(C(=O)NNC(=O)CSc3nc4ccc([N+](=O)[O-])cc4[nH]3)ccc2c1. The number of benzene rings is 4. The molecule has 0 aliphatic rings. The van der Waals surface area contributed by atoms with Crippen molar-refractivity contribution < 1.29 is 29.0 Å². The number of nitro groups is 2. The molecule has 50 heavy (non-hydrogen) atoms. The Balaban J connectivity index is 0.960. The maximum absolute atomic E-state index is 12.7. The summed E-state index contributed by atoms with van der Waals surface area (Å²) in [5, 5.41) is 24.0. The van der Waals surface area contributed by atoms with Crippen molar-refractivity contribution >= 4 is 91.4 Å². The van der Waals surface area contributed by atoms with Crippen molar-refractivity contribution in [2.24, 2.45) is 0 Å². The number of hydrogen-bond acceptors (Lipinski definition) is 12. The highest BCUT2D eigenvalue weighted by Gasteiger charge is 2.15. The molecule has 0 atom stereocenters. The first kappa shape index (κ1) is 33.4. The number of rotatable bonds is 10. The predicted molar refractivity (Wildman–Crippen MR) is 182 cm³/mol. The van der Waals surface area contributed by atoms with Crippen molar-refractivity contribution in [3.63, 3.8) is 0 Å². The Kier molecular flexibility index (Phi) is 9.54. The molecule has 0 fully saturated rings. The molecule has 18 nitrogen and oxygen atoms in total. The van der Waals surface area contributed by atoms with Crippen LogP contribution in [0.2, 0.25) is 0 Å². The standard InChI is InChI=1S/C30H22N10O8S2/c41-25(13-49-29-31-21-7-5-19(39(45)46)11-23(21)33-29)35-37-27(43)17-3-1-15-9-18(4-2-16(15)10-17)28(44)38-36-26(42)14-50-30-32-22-8-6-20(40(47)48)12-24(22)34-30/h1-12H,13-14H2,(H,31,33)(H,32,34)(H,35,41)(H,36,42)(H,37,43)(H,38,44). The fourth-order valence-electron chi connectivity index (χ4n) is 4.58. The van der Waals surface area contributed by atoms with Gasteiger partial charge in [0, 0.05) is 35.4 Å². The van der Waals surface area contributed by atoms with Crippen LogP contribution in [0.25, 0.3) is 32.8 Å². The number of imidazole rings is 2. The van der Waals surface area contributed by atoms with E-state index in [2.05, 4.69) is 41.6 Å². The van der Waals surface area contributed by atoms with E-state index >= 15 is 0 Å². The molecule has 2 aromatic heterocycles. The molecule has 4 aromatic carbocycles. The van der Waals surface area contributed by atoms with Gasteiger partial charge in [-0.25, -0.2) is 9.97 Å². The average molecular weight is 715 g/mol. The minimum absolute atomic E-state index is 0.0906. The molecule has 2 heterocycles. The lowest BCUT2D eigenvalue weighted by Gasteiger charge is -2.09. The molecule has 0 saturated carbocycles. The van der Waals surface area contributed by atoms with Gasteiger partial charge in [-0.15, -0.1) is 0 Å². The average Bonchev–Trinajstić information content (AvgIpc) is 3.73. The third-order valence-electron chi connectivity index (χ3n) is 6.98. The maximum atomic E-state index is 12.7. The van der Waals surface area contributed by atoms with Crippen LogP contribution < -0.4 is 21.7 Å². The number of nitro benzene ring substituents is 2. The van der Waals surface area contributed by atoms with Gasteiger partial charge in [0.2, 0.25) is 11.8 Å². The first-order valence-corrected chi connectivity index (χ1v) is 16.3. The van der Waals surface area contributed by atoms with Crippen molar-refractivity contribution in [1.29, 1.82) is 0 Å². The van der Waals surface area contributed by atoms with E-state index in [9.17, 15) is 39.4 Å². The second kappa shape index (κ2) is 14.3. The Bertz CT molecular complexity index is 2200. The predicted octanol–water partition coefficient (Wildman–Crippen LogP) is 3.52. The van der Waals surface area contributed by atoms with Gasteiger partial charge in [-0.05, 0) is 47.2 Å². The van der Waals surface area contributed by atoms with Crippen LogP contribution in [-0.2, 0) is 9.59 Å². The Labute approximate surface area is 287 Å². The molecule has 0 aliphatic heterocycles. The van der Waals surface area contributed by atoms with Gasteiger partial charge in [-0.1, -0.05) is 35.7 Å². The highest BCUT2D eigenvalue weighted by atomic mass is 32.2. The number of nitrogens with zero attached hydrogens (tertiary/aromatic N) is 4. The normalized spacial score (nSPS) is 11.0. The number of thioether (sulfide) groups is 2. The maximum Gasteiger partial charge on any atom is 0.271 e. The van der Waals surface area contributed by atoms with Gasteiger partial charge in [0.05, 0.1) is 43.4 Å². The summed E-state index contributed by atoms with van der Waals surface area (Å²) in [7, 11) is 0. The van der Waals surface area contributed by atoms with Crippen molar-refractivity contribution in [3.8, 4) is 0 Å². The molecule has 0 radical (unpaired) electrons. The molecule has 0 saturated heterocycles. The third kappa shape index (κ3) is 7.77. The quantitative estimate of drug-likeness (QED) is 0.0677. The van der Waals surface area contributed by atoms with Crippen molar-refractivity contribution in [2.45, 2.75) is 10.3 Å². The number of hydrogen-bond donors (Lipinski definition) is 6. The van der Waals surface area contributed by atoms with E-state index in [1.165, 1.54) is 48.5 Å². The minimum atomic E-state index is -0.576. The van der Waals surface area contributed by atoms with E-state index < -0.39 is 33.5 Å². The lowest BCUT2D eigenvalue weighted by molar-refractivity contribution is -0.384.